The maximum atomic E-state index is 11.4. The van der Waals surface area contributed by atoms with Crippen molar-refractivity contribution in [3.8, 4) is 0 Å². The number of nitrogens with zero attached hydrogens (tertiary/aromatic N) is 1. The highest BCUT2D eigenvalue weighted by molar-refractivity contribution is 5.73. The highest BCUT2D eigenvalue weighted by atomic mass is 16.2. The van der Waals surface area contributed by atoms with Gasteiger partial charge in [-0.25, -0.2) is 10.1 Å². The Kier molecular flexibility index (Phi) is 16.7. The third-order valence-electron chi connectivity index (χ3n) is 3.82. The molecule has 0 rings (SSSR count). The van der Waals surface area contributed by atoms with E-state index < -0.39 is 0 Å². The molecule has 0 bridgehead atoms. The van der Waals surface area contributed by atoms with Gasteiger partial charge in [-0.1, -0.05) is 84.5 Å². The average molecular weight is 298 g/mol. The van der Waals surface area contributed by atoms with Gasteiger partial charge in [-0.3, -0.25) is 0 Å². The molecular formula is C18H37N2O. The standard InChI is InChI=1S/C18H37N2O/c1-3-5-7-8-9-10-11-12-13-15-17-20-18(21)19-16-14-6-4-2/h3-17H2,1-2H3,(H,20,21). The molecule has 0 saturated heterocycles. The summed E-state index contributed by atoms with van der Waals surface area (Å²) in [4.78, 5) is 11.4. The number of carbonyl (C=O) groups is 1. The van der Waals surface area contributed by atoms with Crippen LogP contribution in [0.1, 0.15) is 97.3 Å². The van der Waals surface area contributed by atoms with Crippen molar-refractivity contribution < 1.29 is 4.79 Å². The van der Waals surface area contributed by atoms with Gasteiger partial charge in [0.05, 0.1) is 0 Å². The van der Waals surface area contributed by atoms with Gasteiger partial charge in [0.25, 0.3) is 0 Å². The lowest BCUT2D eigenvalue weighted by molar-refractivity contribution is 0.239. The van der Waals surface area contributed by atoms with E-state index in [0.29, 0.717) is 6.54 Å². The zero-order valence-electron chi connectivity index (χ0n) is 14.5. The van der Waals surface area contributed by atoms with Crippen LogP contribution in [0.5, 0.6) is 0 Å². The lowest BCUT2D eigenvalue weighted by Crippen LogP contribution is -2.31. The Bertz CT molecular complexity index is 219. The summed E-state index contributed by atoms with van der Waals surface area (Å²) in [5.41, 5.74) is 0. The second-order valence-electron chi connectivity index (χ2n) is 6.00. The number of amides is 2. The van der Waals surface area contributed by atoms with Gasteiger partial charge in [-0.05, 0) is 12.8 Å². The number of hydrogen-bond acceptors (Lipinski definition) is 1. The van der Waals surface area contributed by atoms with Gasteiger partial charge in [-0.2, -0.15) is 0 Å². The van der Waals surface area contributed by atoms with Crippen molar-refractivity contribution in [2.24, 2.45) is 0 Å². The smallest absolute Gasteiger partial charge is 0.336 e. The lowest BCUT2D eigenvalue weighted by atomic mass is 10.1. The van der Waals surface area contributed by atoms with E-state index in [-0.39, 0.29) is 6.03 Å². The summed E-state index contributed by atoms with van der Waals surface area (Å²) < 4.78 is 0. The molecule has 125 valence electrons. The number of carbonyl (C=O) groups excluding carboxylic acids is 1. The van der Waals surface area contributed by atoms with Crippen molar-refractivity contribution in [1.29, 1.82) is 0 Å². The van der Waals surface area contributed by atoms with Crippen LogP contribution in [-0.2, 0) is 0 Å². The maximum absolute atomic E-state index is 11.4. The van der Waals surface area contributed by atoms with Gasteiger partial charge in [0, 0.05) is 13.1 Å². The summed E-state index contributed by atoms with van der Waals surface area (Å²) in [7, 11) is 0. The molecule has 0 atom stereocenters. The summed E-state index contributed by atoms with van der Waals surface area (Å²) in [6.07, 6.45) is 16.6. The second kappa shape index (κ2) is 17.3. The first-order chi connectivity index (χ1) is 10.3. The predicted octanol–water partition coefficient (Wildman–Crippen LogP) is 5.41. The minimum atomic E-state index is -0.123. The maximum Gasteiger partial charge on any atom is 0.336 e. The van der Waals surface area contributed by atoms with Gasteiger partial charge in [-0.15, -0.1) is 0 Å². The minimum Gasteiger partial charge on any atom is -0.337 e. The number of urea groups is 1. The highest BCUT2D eigenvalue weighted by Crippen LogP contribution is 2.10. The van der Waals surface area contributed by atoms with Crippen LogP contribution in [0.4, 0.5) is 4.79 Å². The predicted molar refractivity (Wildman–Crippen MR) is 91.8 cm³/mol. The molecule has 0 aliphatic carbocycles. The zero-order chi connectivity index (χ0) is 15.6. The van der Waals surface area contributed by atoms with E-state index in [4.69, 9.17) is 0 Å². The number of hydrogen-bond donors (Lipinski definition) is 1. The second-order valence-corrected chi connectivity index (χ2v) is 6.00. The van der Waals surface area contributed by atoms with E-state index >= 15 is 0 Å². The molecule has 1 N–H and O–H groups in total. The Morgan fingerprint density at radius 3 is 1.76 bits per heavy atom. The molecule has 0 aromatic rings. The van der Waals surface area contributed by atoms with Crippen LogP contribution in [0.2, 0.25) is 0 Å². The molecule has 21 heavy (non-hydrogen) atoms. The van der Waals surface area contributed by atoms with Gasteiger partial charge >= 0.3 is 6.03 Å². The first kappa shape index (κ1) is 20.3. The first-order valence-corrected chi connectivity index (χ1v) is 9.26. The molecule has 0 aliphatic heterocycles. The SMILES string of the molecule is CCCCCCCCCCCCNC(=O)[N]CCCCC. The first-order valence-electron chi connectivity index (χ1n) is 9.26. The van der Waals surface area contributed by atoms with Crippen LogP contribution in [0, 0.1) is 0 Å². The van der Waals surface area contributed by atoms with E-state index in [2.05, 4.69) is 24.5 Å². The van der Waals surface area contributed by atoms with Crippen molar-refractivity contribution in [3.63, 3.8) is 0 Å². The Balaban J connectivity index is 3.09. The Morgan fingerprint density at radius 1 is 0.714 bits per heavy atom. The number of nitrogens with one attached hydrogen (secondary N) is 1. The molecular weight excluding hydrogens is 260 g/mol. The largest absolute Gasteiger partial charge is 0.337 e. The number of rotatable bonds is 15. The fourth-order valence-electron chi connectivity index (χ4n) is 2.41. The zero-order valence-corrected chi connectivity index (χ0v) is 14.5. The van der Waals surface area contributed by atoms with E-state index in [1.54, 1.807) is 0 Å². The molecule has 0 aromatic heterocycles. The summed E-state index contributed by atoms with van der Waals surface area (Å²) in [5, 5.41) is 6.87. The average Bonchev–Trinajstić information content (AvgIpc) is 2.49. The van der Waals surface area contributed by atoms with E-state index in [9.17, 15) is 4.79 Å². The summed E-state index contributed by atoms with van der Waals surface area (Å²) in [6.45, 7) is 5.88. The van der Waals surface area contributed by atoms with Crippen LogP contribution < -0.4 is 10.6 Å². The molecule has 0 aliphatic rings. The van der Waals surface area contributed by atoms with Crippen LogP contribution in [-0.4, -0.2) is 19.1 Å². The third kappa shape index (κ3) is 17.2. The van der Waals surface area contributed by atoms with Gasteiger partial charge < -0.3 is 5.32 Å². The molecule has 0 heterocycles. The quantitative estimate of drug-likeness (QED) is 0.403. The van der Waals surface area contributed by atoms with Crippen LogP contribution in [0.3, 0.4) is 0 Å². The summed E-state index contributed by atoms with van der Waals surface area (Å²) in [5.74, 6) is 0. The summed E-state index contributed by atoms with van der Waals surface area (Å²) >= 11 is 0. The molecule has 0 saturated carbocycles. The summed E-state index contributed by atoms with van der Waals surface area (Å²) in [6, 6.07) is -0.123. The monoisotopic (exact) mass is 297 g/mol. The van der Waals surface area contributed by atoms with E-state index in [0.717, 1.165) is 25.8 Å². The Labute approximate surface area is 132 Å². The molecule has 0 fully saturated rings. The molecule has 2 amide bonds. The fraction of sp³-hybridized carbons (Fsp3) is 0.944. The van der Waals surface area contributed by atoms with Crippen molar-refractivity contribution in [2.45, 2.75) is 97.3 Å². The van der Waals surface area contributed by atoms with Crippen molar-refractivity contribution >= 4 is 6.03 Å². The molecule has 0 spiro atoms. The van der Waals surface area contributed by atoms with Crippen LogP contribution >= 0.6 is 0 Å². The Morgan fingerprint density at radius 2 is 1.19 bits per heavy atom. The molecule has 0 aromatic carbocycles. The third-order valence-corrected chi connectivity index (χ3v) is 3.82. The lowest BCUT2D eigenvalue weighted by Gasteiger charge is -2.05. The molecule has 1 radical (unpaired) electrons. The van der Waals surface area contributed by atoms with Crippen molar-refractivity contribution in [2.75, 3.05) is 13.1 Å². The highest BCUT2D eigenvalue weighted by Gasteiger charge is 2.00. The minimum absolute atomic E-state index is 0.123. The van der Waals surface area contributed by atoms with E-state index in [1.807, 2.05) is 0 Å². The van der Waals surface area contributed by atoms with E-state index in [1.165, 1.54) is 64.2 Å². The van der Waals surface area contributed by atoms with Gasteiger partial charge in [0.15, 0.2) is 0 Å². The Hall–Kier alpha value is -0.730. The topological polar surface area (TPSA) is 43.2 Å². The molecule has 3 nitrogen and oxygen atoms in total. The normalized spacial score (nSPS) is 10.6. The van der Waals surface area contributed by atoms with Crippen LogP contribution in [0.15, 0.2) is 0 Å². The fourth-order valence-corrected chi connectivity index (χ4v) is 2.41. The van der Waals surface area contributed by atoms with Gasteiger partial charge in [0.2, 0.25) is 0 Å². The van der Waals surface area contributed by atoms with Crippen LogP contribution in [0.25, 0.3) is 0 Å². The number of unbranched alkanes of at least 4 members (excludes halogenated alkanes) is 11. The molecule has 3 heteroatoms. The van der Waals surface area contributed by atoms with Crippen molar-refractivity contribution in [3.05, 3.63) is 0 Å². The van der Waals surface area contributed by atoms with Gasteiger partial charge in [0.1, 0.15) is 0 Å². The molecule has 0 unspecified atom stereocenters. The van der Waals surface area contributed by atoms with Crippen molar-refractivity contribution in [1.82, 2.24) is 10.6 Å².